The Morgan fingerprint density at radius 2 is 2.00 bits per heavy atom. The predicted molar refractivity (Wildman–Crippen MR) is 91.6 cm³/mol. The number of nitrogens with zero attached hydrogens (tertiary/aromatic N) is 2. The van der Waals surface area contributed by atoms with Gasteiger partial charge in [-0.3, -0.25) is 0 Å². The molecule has 0 aliphatic heterocycles. The Bertz CT molecular complexity index is 830. The largest absolute Gasteiger partial charge is 0.485 e. The maximum Gasteiger partial charge on any atom is 0.227 e. The number of nitrogens with two attached hydrogens (primary N) is 1. The van der Waals surface area contributed by atoms with Gasteiger partial charge < -0.3 is 15.0 Å². The molecule has 1 saturated carbocycles. The lowest BCUT2D eigenvalue weighted by molar-refractivity contribution is 0.284. The topological polar surface area (TPSA) is 74.2 Å². The third kappa shape index (κ3) is 3.26. The molecule has 3 aromatic rings. The maximum atomic E-state index is 6.10. The van der Waals surface area contributed by atoms with Gasteiger partial charge in [0.15, 0.2) is 6.61 Å². The van der Waals surface area contributed by atoms with Crippen LogP contribution in [0, 0.1) is 5.92 Å². The van der Waals surface area contributed by atoms with E-state index >= 15 is 0 Å². The summed E-state index contributed by atoms with van der Waals surface area (Å²) in [5.41, 5.74) is 6.10. The molecule has 24 heavy (non-hydrogen) atoms. The first-order valence-corrected chi connectivity index (χ1v) is 8.46. The molecule has 2 aromatic carbocycles. The molecule has 5 nitrogen and oxygen atoms in total. The van der Waals surface area contributed by atoms with Crippen LogP contribution in [0.3, 0.4) is 0 Å². The standard InChI is InChI=1S/C19H21N3O2/c20-17-7-3-6-15(17)11-19-21-18(22-24-19)12-23-16-9-8-13-4-1-2-5-14(13)10-16/h1-2,4-5,8-10,15,17H,3,6-7,11-12,20H2/t15-,17+/m0/s1. The van der Waals surface area contributed by atoms with Crippen LogP contribution < -0.4 is 10.5 Å². The van der Waals surface area contributed by atoms with Crippen molar-refractivity contribution >= 4 is 10.8 Å². The summed E-state index contributed by atoms with van der Waals surface area (Å²) in [4.78, 5) is 4.43. The Kier molecular flexibility index (Phi) is 4.17. The maximum absolute atomic E-state index is 6.10. The van der Waals surface area contributed by atoms with Crippen molar-refractivity contribution in [1.29, 1.82) is 0 Å². The van der Waals surface area contributed by atoms with E-state index in [1.54, 1.807) is 0 Å². The van der Waals surface area contributed by atoms with E-state index in [9.17, 15) is 0 Å². The molecule has 0 amide bonds. The molecule has 1 aliphatic rings. The summed E-state index contributed by atoms with van der Waals surface area (Å²) < 4.78 is 11.1. The van der Waals surface area contributed by atoms with Crippen molar-refractivity contribution in [3.8, 4) is 5.75 Å². The molecular formula is C19H21N3O2. The van der Waals surface area contributed by atoms with Gasteiger partial charge in [-0.1, -0.05) is 41.9 Å². The van der Waals surface area contributed by atoms with Crippen molar-refractivity contribution in [3.63, 3.8) is 0 Å². The molecule has 2 atom stereocenters. The van der Waals surface area contributed by atoms with Crippen LogP contribution in [0.2, 0.25) is 0 Å². The van der Waals surface area contributed by atoms with Gasteiger partial charge in [0.2, 0.25) is 11.7 Å². The van der Waals surface area contributed by atoms with Crippen molar-refractivity contribution in [2.75, 3.05) is 0 Å². The summed E-state index contributed by atoms with van der Waals surface area (Å²) in [7, 11) is 0. The lowest BCUT2D eigenvalue weighted by Gasteiger charge is -2.11. The second-order valence-electron chi connectivity index (χ2n) is 6.46. The molecule has 1 heterocycles. The Morgan fingerprint density at radius 3 is 2.83 bits per heavy atom. The lowest BCUT2D eigenvalue weighted by atomic mass is 10.0. The zero-order valence-electron chi connectivity index (χ0n) is 13.5. The second kappa shape index (κ2) is 6.61. The van der Waals surface area contributed by atoms with Crippen molar-refractivity contribution in [2.45, 2.75) is 38.3 Å². The summed E-state index contributed by atoms with van der Waals surface area (Å²) in [6.45, 7) is 0.304. The number of aromatic nitrogens is 2. The summed E-state index contributed by atoms with van der Waals surface area (Å²) >= 11 is 0. The van der Waals surface area contributed by atoms with E-state index in [1.807, 2.05) is 30.3 Å². The van der Waals surface area contributed by atoms with Crippen LogP contribution in [0.25, 0.3) is 10.8 Å². The van der Waals surface area contributed by atoms with Gasteiger partial charge >= 0.3 is 0 Å². The van der Waals surface area contributed by atoms with Gasteiger partial charge in [-0.2, -0.15) is 4.98 Å². The number of rotatable bonds is 5. The van der Waals surface area contributed by atoms with E-state index < -0.39 is 0 Å². The molecule has 1 aliphatic carbocycles. The molecule has 1 aromatic heterocycles. The van der Waals surface area contributed by atoms with Crippen LogP contribution in [-0.4, -0.2) is 16.2 Å². The van der Waals surface area contributed by atoms with Crippen LogP contribution >= 0.6 is 0 Å². The number of benzene rings is 2. The van der Waals surface area contributed by atoms with Crippen molar-refractivity contribution in [1.82, 2.24) is 10.1 Å². The molecule has 0 saturated heterocycles. The van der Waals surface area contributed by atoms with Gasteiger partial charge in [0.25, 0.3) is 0 Å². The van der Waals surface area contributed by atoms with Gasteiger partial charge in [-0.05, 0) is 41.7 Å². The summed E-state index contributed by atoms with van der Waals surface area (Å²) in [5, 5.41) is 6.35. The van der Waals surface area contributed by atoms with E-state index in [1.165, 1.54) is 11.8 Å². The zero-order chi connectivity index (χ0) is 16.4. The van der Waals surface area contributed by atoms with Crippen LogP contribution in [0.1, 0.15) is 31.0 Å². The number of fused-ring (bicyclic) bond motifs is 1. The first-order valence-electron chi connectivity index (χ1n) is 8.46. The number of hydrogen-bond acceptors (Lipinski definition) is 5. The summed E-state index contributed by atoms with van der Waals surface area (Å²) in [6, 6.07) is 14.5. The van der Waals surface area contributed by atoms with Crippen LogP contribution in [0.15, 0.2) is 47.0 Å². The minimum absolute atomic E-state index is 0.259. The van der Waals surface area contributed by atoms with Gasteiger partial charge in [0.1, 0.15) is 5.75 Å². The third-order valence-electron chi connectivity index (χ3n) is 4.75. The monoisotopic (exact) mass is 323 g/mol. The van der Waals surface area contributed by atoms with Gasteiger partial charge in [0.05, 0.1) is 0 Å². The Hall–Kier alpha value is -2.40. The predicted octanol–water partition coefficient (Wildman–Crippen LogP) is 3.47. The summed E-state index contributed by atoms with van der Waals surface area (Å²) in [5.74, 6) is 2.50. The van der Waals surface area contributed by atoms with Crippen molar-refractivity contribution in [3.05, 3.63) is 54.2 Å². The minimum atomic E-state index is 0.259. The van der Waals surface area contributed by atoms with Gasteiger partial charge in [-0.15, -0.1) is 0 Å². The summed E-state index contributed by atoms with van der Waals surface area (Å²) in [6.07, 6.45) is 4.20. The van der Waals surface area contributed by atoms with Gasteiger partial charge in [0, 0.05) is 12.5 Å². The average molecular weight is 323 g/mol. The van der Waals surface area contributed by atoms with E-state index in [-0.39, 0.29) is 6.04 Å². The quantitative estimate of drug-likeness (QED) is 0.778. The number of ether oxygens (including phenoxy) is 1. The zero-order valence-corrected chi connectivity index (χ0v) is 13.5. The molecule has 0 bridgehead atoms. The van der Waals surface area contributed by atoms with Crippen molar-refractivity contribution in [2.24, 2.45) is 11.7 Å². The van der Waals surface area contributed by atoms with Crippen LogP contribution in [0.4, 0.5) is 0 Å². The number of hydrogen-bond donors (Lipinski definition) is 1. The van der Waals surface area contributed by atoms with E-state index in [0.717, 1.165) is 30.4 Å². The highest BCUT2D eigenvalue weighted by atomic mass is 16.5. The van der Waals surface area contributed by atoms with Crippen LogP contribution in [-0.2, 0) is 13.0 Å². The van der Waals surface area contributed by atoms with E-state index in [0.29, 0.717) is 24.2 Å². The molecule has 0 radical (unpaired) electrons. The second-order valence-corrected chi connectivity index (χ2v) is 6.46. The molecule has 4 rings (SSSR count). The fourth-order valence-electron chi connectivity index (χ4n) is 3.38. The van der Waals surface area contributed by atoms with E-state index in [4.69, 9.17) is 15.0 Å². The Balaban J connectivity index is 1.38. The fourth-order valence-corrected chi connectivity index (χ4v) is 3.38. The molecule has 0 spiro atoms. The highest BCUT2D eigenvalue weighted by Gasteiger charge is 2.26. The highest BCUT2D eigenvalue weighted by Crippen LogP contribution is 2.27. The first kappa shape index (κ1) is 15.1. The SMILES string of the molecule is N[C@@H]1CCC[C@H]1Cc1nc(COc2ccc3ccccc3c2)no1. The molecule has 0 unspecified atom stereocenters. The highest BCUT2D eigenvalue weighted by molar-refractivity contribution is 5.83. The third-order valence-corrected chi connectivity index (χ3v) is 4.75. The molecular weight excluding hydrogens is 302 g/mol. The molecule has 2 N–H and O–H groups in total. The normalized spacial score (nSPS) is 20.5. The van der Waals surface area contributed by atoms with E-state index in [2.05, 4.69) is 22.3 Å². The molecule has 124 valence electrons. The molecule has 5 heteroatoms. The lowest BCUT2D eigenvalue weighted by Crippen LogP contribution is -2.25. The molecule has 1 fully saturated rings. The smallest absolute Gasteiger partial charge is 0.227 e. The minimum Gasteiger partial charge on any atom is -0.485 e. The van der Waals surface area contributed by atoms with Crippen molar-refractivity contribution < 1.29 is 9.26 Å². The van der Waals surface area contributed by atoms with Crippen LogP contribution in [0.5, 0.6) is 5.75 Å². The Labute approximate surface area is 140 Å². The first-order chi connectivity index (χ1) is 11.8. The fraction of sp³-hybridized carbons (Fsp3) is 0.368. The Morgan fingerprint density at radius 1 is 1.12 bits per heavy atom. The average Bonchev–Trinajstić information content (AvgIpc) is 3.22. The van der Waals surface area contributed by atoms with Gasteiger partial charge in [-0.25, -0.2) is 0 Å².